The second-order valence-electron chi connectivity index (χ2n) is 6.13. The van der Waals surface area contributed by atoms with E-state index in [0.717, 1.165) is 31.6 Å². The van der Waals surface area contributed by atoms with E-state index in [1.807, 2.05) is 0 Å². The number of hydrogen-bond donors (Lipinski definition) is 1. The van der Waals surface area contributed by atoms with Crippen molar-refractivity contribution in [3.63, 3.8) is 0 Å². The summed E-state index contributed by atoms with van der Waals surface area (Å²) in [4.78, 5) is 13.7. The van der Waals surface area contributed by atoms with Gasteiger partial charge in [0.2, 0.25) is 0 Å². The van der Waals surface area contributed by atoms with Crippen LogP contribution in [0.1, 0.15) is 36.0 Å². The molecule has 4 heteroatoms. The molecule has 1 aromatic rings. The van der Waals surface area contributed by atoms with Crippen LogP contribution in [0.5, 0.6) is 5.75 Å². The number of ether oxygens (including phenoxy) is 2. The van der Waals surface area contributed by atoms with Crippen molar-refractivity contribution in [3.05, 3.63) is 29.8 Å². The fourth-order valence-electron chi connectivity index (χ4n) is 3.02. The van der Waals surface area contributed by atoms with Gasteiger partial charge in [-0.2, -0.15) is 0 Å². The summed E-state index contributed by atoms with van der Waals surface area (Å²) >= 11 is 0. The summed E-state index contributed by atoms with van der Waals surface area (Å²) in [6.45, 7) is 1.06. The first-order chi connectivity index (χ1) is 10.1. The first-order valence-corrected chi connectivity index (χ1v) is 7.74. The van der Waals surface area contributed by atoms with Crippen molar-refractivity contribution in [1.82, 2.24) is 0 Å². The molecule has 0 radical (unpaired) electrons. The Balaban J connectivity index is 1.98. The zero-order valence-corrected chi connectivity index (χ0v) is 13.2. The van der Waals surface area contributed by atoms with Crippen LogP contribution < -0.4 is 9.64 Å². The normalized spacial score (nSPS) is 22.1. The van der Waals surface area contributed by atoms with Crippen LogP contribution >= 0.6 is 0 Å². The van der Waals surface area contributed by atoms with Crippen LogP contribution in [0.3, 0.4) is 0 Å². The molecule has 0 bridgehead atoms. The molecule has 1 fully saturated rings. The van der Waals surface area contributed by atoms with Crippen LogP contribution in [0.2, 0.25) is 0 Å². The quantitative estimate of drug-likeness (QED) is 0.837. The van der Waals surface area contributed by atoms with Crippen LogP contribution in [0, 0.1) is 5.92 Å². The van der Waals surface area contributed by atoms with E-state index in [-0.39, 0.29) is 12.1 Å². The van der Waals surface area contributed by atoms with Gasteiger partial charge >= 0.3 is 5.97 Å². The second kappa shape index (κ2) is 7.46. The summed E-state index contributed by atoms with van der Waals surface area (Å²) in [6, 6.07) is 7.10. The number of nitrogens with one attached hydrogen (secondary N) is 1. The standard InChI is InChI=1S/C17H25NO3/c1-18(2)12-14-6-4-5-7-16(14)21-17(19)13-8-10-15(20-3)11-9-13/h8-11,14,16H,4-7,12H2,1-3H3/p+1/t14-,16-/m0/s1. The molecule has 0 aromatic heterocycles. The SMILES string of the molecule is COc1ccc(C(=O)O[C@H]2CCCC[C@H]2C[NH+](C)C)cc1. The lowest BCUT2D eigenvalue weighted by molar-refractivity contribution is -0.862. The molecule has 0 heterocycles. The highest BCUT2D eigenvalue weighted by Crippen LogP contribution is 2.27. The predicted octanol–water partition coefficient (Wildman–Crippen LogP) is 1.56. The van der Waals surface area contributed by atoms with Gasteiger partial charge in [0.15, 0.2) is 0 Å². The molecule has 2 atom stereocenters. The Hall–Kier alpha value is -1.55. The average Bonchev–Trinajstić information content (AvgIpc) is 2.49. The van der Waals surface area contributed by atoms with Gasteiger partial charge < -0.3 is 14.4 Å². The molecule has 0 saturated heterocycles. The lowest BCUT2D eigenvalue weighted by Crippen LogP contribution is -3.06. The summed E-state index contributed by atoms with van der Waals surface area (Å²) in [7, 11) is 5.91. The highest BCUT2D eigenvalue weighted by atomic mass is 16.5. The van der Waals surface area contributed by atoms with Gasteiger partial charge in [-0.15, -0.1) is 0 Å². The number of carbonyl (C=O) groups is 1. The molecule has 116 valence electrons. The van der Waals surface area contributed by atoms with Gasteiger partial charge in [0.1, 0.15) is 11.9 Å². The van der Waals surface area contributed by atoms with Crippen molar-refractivity contribution in [2.45, 2.75) is 31.8 Å². The van der Waals surface area contributed by atoms with E-state index in [2.05, 4.69) is 14.1 Å². The van der Waals surface area contributed by atoms with Gasteiger partial charge in [0.05, 0.1) is 33.3 Å². The van der Waals surface area contributed by atoms with Gasteiger partial charge in [-0.3, -0.25) is 0 Å². The average molecular weight is 292 g/mol. The molecule has 0 unspecified atom stereocenters. The highest BCUT2D eigenvalue weighted by molar-refractivity contribution is 5.89. The Morgan fingerprint density at radius 1 is 1.19 bits per heavy atom. The van der Waals surface area contributed by atoms with Gasteiger partial charge in [-0.1, -0.05) is 6.42 Å². The number of quaternary nitrogens is 1. The van der Waals surface area contributed by atoms with Gasteiger partial charge in [-0.25, -0.2) is 4.79 Å². The maximum absolute atomic E-state index is 12.3. The lowest BCUT2D eigenvalue weighted by Gasteiger charge is -2.31. The fraction of sp³-hybridized carbons (Fsp3) is 0.588. The highest BCUT2D eigenvalue weighted by Gasteiger charge is 2.30. The predicted molar refractivity (Wildman–Crippen MR) is 81.8 cm³/mol. The summed E-state index contributed by atoms with van der Waals surface area (Å²) < 4.78 is 10.9. The van der Waals surface area contributed by atoms with Crippen molar-refractivity contribution < 1.29 is 19.2 Å². The Bertz CT molecular complexity index is 456. The number of rotatable bonds is 5. The van der Waals surface area contributed by atoms with E-state index in [1.54, 1.807) is 31.4 Å². The first-order valence-electron chi connectivity index (χ1n) is 7.74. The monoisotopic (exact) mass is 292 g/mol. The summed E-state index contributed by atoms with van der Waals surface area (Å²) in [6.07, 6.45) is 4.60. The Morgan fingerprint density at radius 2 is 1.86 bits per heavy atom. The zero-order valence-electron chi connectivity index (χ0n) is 13.2. The summed E-state index contributed by atoms with van der Waals surface area (Å²) in [5, 5.41) is 0. The molecular weight excluding hydrogens is 266 g/mol. The van der Waals surface area contributed by atoms with Crippen LogP contribution in [-0.2, 0) is 4.74 Å². The molecular formula is C17H26NO3+. The summed E-state index contributed by atoms with van der Waals surface area (Å²) in [5.41, 5.74) is 0.595. The Morgan fingerprint density at radius 3 is 2.48 bits per heavy atom. The maximum atomic E-state index is 12.3. The minimum Gasteiger partial charge on any atom is -0.497 e. The Kier molecular flexibility index (Phi) is 5.62. The van der Waals surface area contributed by atoms with E-state index in [9.17, 15) is 4.79 Å². The molecule has 21 heavy (non-hydrogen) atoms. The Labute approximate surface area is 127 Å². The van der Waals surface area contributed by atoms with Crippen molar-refractivity contribution in [1.29, 1.82) is 0 Å². The smallest absolute Gasteiger partial charge is 0.338 e. The molecule has 1 saturated carbocycles. The third-order valence-corrected chi connectivity index (χ3v) is 4.09. The minimum atomic E-state index is -0.219. The zero-order chi connectivity index (χ0) is 15.2. The number of methoxy groups -OCH3 is 1. The maximum Gasteiger partial charge on any atom is 0.338 e. The van der Waals surface area contributed by atoms with Gasteiger partial charge in [-0.05, 0) is 43.5 Å². The molecule has 1 aromatic carbocycles. The van der Waals surface area contributed by atoms with Crippen molar-refractivity contribution in [2.75, 3.05) is 27.7 Å². The van der Waals surface area contributed by atoms with Crippen LogP contribution in [0.25, 0.3) is 0 Å². The van der Waals surface area contributed by atoms with Crippen LogP contribution in [0.4, 0.5) is 0 Å². The molecule has 1 aliphatic carbocycles. The fourth-order valence-corrected chi connectivity index (χ4v) is 3.02. The van der Waals surface area contributed by atoms with E-state index in [4.69, 9.17) is 9.47 Å². The first kappa shape index (κ1) is 15.8. The van der Waals surface area contributed by atoms with Gasteiger partial charge in [0.25, 0.3) is 0 Å². The molecule has 1 N–H and O–H groups in total. The van der Waals surface area contributed by atoms with Crippen molar-refractivity contribution in [3.8, 4) is 5.75 Å². The molecule has 4 nitrogen and oxygen atoms in total. The third-order valence-electron chi connectivity index (χ3n) is 4.09. The lowest BCUT2D eigenvalue weighted by atomic mass is 9.86. The number of benzene rings is 1. The third kappa shape index (κ3) is 4.46. The summed E-state index contributed by atoms with van der Waals surface area (Å²) in [5.74, 6) is 1.01. The largest absolute Gasteiger partial charge is 0.497 e. The van der Waals surface area contributed by atoms with E-state index >= 15 is 0 Å². The van der Waals surface area contributed by atoms with E-state index in [0.29, 0.717) is 11.5 Å². The number of hydrogen-bond acceptors (Lipinski definition) is 3. The molecule has 0 amide bonds. The molecule has 0 aliphatic heterocycles. The van der Waals surface area contributed by atoms with Gasteiger partial charge in [0, 0.05) is 5.92 Å². The van der Waals surface area contributed by atoms with E-state index < -0.39 is 0 Å². The van der Waals surface area contributed by atoms with Crippen LogP contribution in [0.15, 0.2) is 24.3 Å². The second-order valence-corrected chi connectivity index (χ2v) is 6.13. The number of esters is 1. The molecule has 0 spiro atoms. The van der Waals surface area contributed by atoms with E-state index in [1.165, 1.54) is 11.3 Å². The minimum absolute atomic E-state index is 0.0586. The van der Waals surface area contributed by atoms with Crippen molar-refractivity contribution in [2.24, 2.45) is 5.92 Å². The van der Waals surface area contributed by atoms with Crippen molar-refractivity contribution >= 4 is 5.97 Å². The number of carbonyl (C=O) groups excluding carboxylic acids is 1. The topological polar surface area (TPSA) is 40.0 Å². The molecule has 1 aliphatic rings. The molecule has 2 rings (SSSR count). The van der Waals surface area contributed by atoms with Crippen LogP contribution in [-0.4, -0.2) is 39.8 Å².